The highest BCUT2D eigenvalue weighted by atomic mass is 16.2. The molecule has 3 aromatic heterocycles. The average molecular weight is 388 g/mol. The van der Waals surface area contributed by atoms with E-state index in [1.54, 1.807) is 29.0 Å². The standard InChI is InChI=1S/C22H21N5O2/c1-3-26-19(23)16(21(28)24-14(2)15-9-5-4-6-10-15)13-17-20(26)25-18-11-7-8-12-27(18)22(17)29/h4-14,23H,3H2,1-2H3,(H,24,28)/p+1/t14-/m1/s1. The molecule has 4 aromatic rings. The first-order chi connectivity index (χ1) is 14.0. The molecule has 0 aliphatic carbocycles. The third-order valence-electron chi connectivity index (χ3n) is 5.07. The van der Waals surface area contributed by atoms with Gasteiger partial charge in [-0.3, -0.25) is 14.0 Å². The maximum Gasteiger partial charge on any atom is 0.278 e. The minimum atomic E-state index is -0.333. The predicted octanol–water partition coefficient (Wildman–Crippen LogP) is 2.23. The van der Waals surface area contributed by atoms with Crippen LogP contribution in [-0.2, 0) is 6.54 Å². The molecule has 3 heterocycles. The number of nitrogens with one attached hydrogen (secondary N) is 1. The Kier molecular flexibility index (Phi) is 4.72. The number of carbonyl (C=O) groups excluding carboxylic acids is 1. The zero-order valence-electron chi connectivity index (χ0n) is 16.3. The van der Waals surface area contributed by atoms with Crippen LogP contribution in [0.4, 0.5) is 5.82 Å². The van der Waals surface area contributed by atoms with Gasteiger partial charge in [-0.2, -0.15) is 0 Å². The van der Waals surface area contributed by atoms with Crippen molar-refractivity contribution in [3.05, 3.63) is 82.3 Å². The maximum absolute atomic E-state index is 13.0. The first kappa shape index (κ1) is 18.6. The lowest BCUT2D eigenvalue weighted by molar-refractivity contribution is -0.655. The number of aromatic nitrogens is 3. The van der Waals surface area contributed by atoms with E-state index in [2.05, 4.69) is 10.3 Å². The molecule has 4 rings (SSSR count). The highest BCUT2D eigenvalue weighted by Gasteiger charge is 2.24. The molecule has 0 spiro atoms. The van der Waals surface area contributed by atoms with Gasteiger partial charge < -0.3 is 11.1 Å². The molecule has 0 unspecified atom stereocenters. The first-order valence-electron chi connectivity index (χ1n) is 9.50. The summed E-state index contributed by atoms with van der Waals surface area (Å²) in [6.45, 7) is 4.29. The van der Waals surface area contributed by atoms with E-state index in [1.807, 2.05) is 50.2 Å². The van der Waals surface area contributed by atoms with Crippen molar-refractivity contribution in [1.82, 2.24) is 14.7 Å². The highest BCUT2D eigenvalue weighted by molar-refractivity contribution is 6.00. The fraction of sp³-hybridized carbons (Fsp3) is 0.182. The molecule has 3 N–H and O–H groups in total. The molecule has 7 heteroatoms. The van der Waals surface area contributed by atoms with Gasteiger partial charge in [-0.1, -0.05) is 41.4 Å². The largest absolute Gasteiger partial charge is 0.345 e. The van der Waals surface area contributed by atoms with Gasteiger partial charge in [0.15, 0.2) is 0 Å². The van der Waals surface area contributed by atoms with Crippen LogP contribution in [0.2, 0.25) is 0 Å². The second-order valence-electron chi connectivity index (χ2n) is 6.88. The number of pyridine rings is 2. The number of anilines is 1. The van der Waals surface area contributed by atoms with Crippen molar-refractivity contribution in [2.24, 2.45) is 0 Å². The Hall–Kier alpha value is -3.74. The lowest BCUT2D eigenvalue weighted by Crippen LogP contribution is -2.42. The van der Waals surface area contributed by atoms with Gasteiger partial charge in [-0.05, 0) is 37.6 Å². The van der Waals surface area contributed by atoms with Gasteiger partial charge >= 0.3 is 0 Å². The van der Waals surface area contributed by atoms with Gasteiger partial charge in [0, 0.05) is 6.20 Å². The second kappa shape index (κ2) is 7.35. The lowest BCUT2D eigenvalue weighted by atomic mass is 10.1. The number of rotatable bonds is 4. The number of aryl methyl sites for hydroxylation is 1. The summed E-state index contributed by atoms with van der Waals surface area (Å²) in [6.07, 6.45) is 1.66. The topological polar surface area (TPSA) is 93.4 Å². The molecule has 0 radical (unpaired) electrons. The number of amides is 1. The maximum atomic E-state index is 13.0. The van der Waals surface area contributed by atoms with Gasteiger partial charge in [-0.25, -0.2) is 4.57 Å². The van der Waals surface area contributed by atoms with E-state index >= 15 is 0 Å². The Bertz CT molecular complexity index is 1280. The monoisotopic (exact) mass is 388 g/mol. The lowest BCUT2D eigenvalue weighted by Gasteiger charge is -2.16. The van der Waals surface area contributed by atoms with Crippen molar-refractivity contribution < 1.29 is 9.36 Å². The minimum absolute atomic E-state index is 0.204. The number of carbonyl (C=O) groups is 1. The summed E-state index contributed by atoms with van der Waals surface area (Å²) < 4.78 is 3.17. The molecule has 0 saturated heterocycles. The molecule has 146 valence electrons. The van der Waals surface area contributed by atoms with Crippen LogP contribution in [0.1, 0.15) is 35.8 Å². The van der Waals surface area contributed by atoms with Gasteiger partial charge in [0.05, 0.1) is 12.6 Å². The van der Waals surface area contributed by atoms with Crippen LogP contribution in [0, 0.1) is 0 Å². The highest BCUT2D eigenvalue weighted by Crippen LogP contribution is 2.17. The third-order valence-corrected chi connectivity index (χ3v) is 5.07. The Labute approximate surface area is 167 Å². The second-order valence-corrected chi connectivity index (χ2v) is 6.88. The predicted molar refractivity (Wildman–Crippen MR) is 112 cm³/mol. The fourth-order valence-corrected chi connectivity index (χ4v) is 3.50. The van der Waals surface area contributed by atoms with Gasteiger partial charge in [0.2, 0.25) is 11.5 Å². The van der Waals surface area contributed by atoms with E-state index in [-0.39, 0.29) is 28.9 Å². The number of hydrogen-bond donors (Lipinski definition) is 2. The Morgan fingerprint density at radius 2 is 1.93 bits per heavy atom. The fourth-order valence-electron chi connectivity index (χ4n) is 3.50. The molecule has 29 heavy (non-hydrogen) atoms. The van der Waals surface area contributed by atoms with E-state index in [4.69, 9.17) is 5.73 Å². The summed E-state index contributed by atoms with van der Waals surface area (Å²) in [5, 5.41) is 3.31. The van der Waals surface area contributed by atoms with Crippen LogP contribution in [-0.4, -0.2) is 15.3 Å². The van der Waals surface area contributed by atoms with E-state index in [9.17, 15) is 9.59 Å². The molecule has 0 aliphatic rings. The number of benzene rings is 1. The molecular weight excluding hydrogens is 366 g/mol. The van der Waals surface area contributed by atoms with Crippen molar-refractivity contribution in [2.45, 2.75) is 26.4 Å². The molecule has 0 fully saturated rings. The van der Waals surface area contributed by atoms with E-state index in [1.165, 1.54) is 4.40 Å². The van der Waals surface area contributed by atoms with Crippen molar-refractivity contribution in [3.63, 3.8) is 0 Å². The average Bonchev–Trinajstić information content (AvgIpc) is 2.74. The number of nitrogens with two attached hydrogens (primary N) is 1. The summed E-state index contributed by atoms with van der Waals surface area (Å²) in [6, 6.07) is 16.3. The van der Waals surface area contributed by atoms with Crippen molar-refractivity contribution in [2.75, 3.05) is 5.73 Å². The summed E-state index contributed by atoms with van der Waals surface area (Å²) in [5.74, 6) is -0.0505. The summed E-state index contributed by atoms with van der Waals surface area (Å²) in [7, 11) is 0. The van der Waals surface area contributed by atoms with Crippen LogP contribution in [0.5, 0.6) is 0 Å². The Morgan fingerprint density at radius 3 is 2.66 bits per heavy atom. The van der Waals surface area contributed by atoms with Crippen LogP contribution in [0.25, 0.3) is 16.7 Å². The van der Waals surface area contributed by atoms with E-state index in [0.717, 1.165) is 5.56 Å². The van der Waals surface area contributed by atoms with Crippen LogP contribution in [0.3, 0.4) is 0 Å². The van der Waals surface area contributed by atoms with Gasteiger partial charge in [0.25, 0.3) is 17.1 Å². The van der Waals surface area contributed by atoms with Crippen LogP contribution >= 0.6 is 0 Å². The Morgan fingerprint density at radius 1 is 1.21 bits per heavy atom. The zero-order valence-corrected chi connectivity index (χ0v) is 16.3. The number of fused-ring (bicyclic) bond motifs is 2. The molecule has 7 nitrogen and oxygen atoms in total. The summed E-state index contributed by atoms with van der Waals surface area (Å²) in [4.78, 5) is 30.6. The molecule has 1 atom stereocenters. The van der Waals surface area contributed by atoms with Gasteiger partial charge in [0.1, 0.15) is 10.9 Å². The van der Waals surface area contributed by atoms with Crippen LogP contribution < -0.4 is 21.2 Å². The number of hydrogen-bond acceptors (Lipinski definition) is 4. The van der Waals surface area contributed by atoms with Crippen LogP contribution in [0.15, 0.2) is 65.6 Å². The normalized spacial score (nSPS) is 12.2. The molecule has 0 bridgehead atoms. The smallest absolute Gasteiger partial charge is 0.278 e. The summed E-state index contributed by atoms with van der Waals surface area (Å²) in [5.41, 5.74) is 8.32. The van der Waals surface area contributed by atoms with Gasteiger partial charge in [-0.15, -0.1) is 0 Å². The van der Waals surface area contributed by atoms with Crippen molar-refractivity contribution >= 4 is 28.4 Å². The molecule has 0 aliphatic heterocycles. The molecule has 1 aromatic carbocycles. The zero-order chi connectivity index (χ0) is 20.5. The number of nitrogens with zero attached hydrogens (tertiary/aromatic N) is 3. The van der Waals surface area contributed by atoms with Crippen molar-refractivity contribution in [1.29, 1.82) is 0 Å². The third kappa shape index (κ3) is 3.20. The Balaban J connectivity index is 1.85. The minimum Gasteiger partial charge on any atom is -0.345 e. The van der Waals surface area contributed by atoms with E-state index < -0.39 is 0 Å². The molecular formula is C22H22N5O2+. The number of nitrogen functional groups attached to an aromatic ring is 1. The first-order valence-corrected chi connectivity index (χ1v) is 9.50. The van der Waals surface area contributed by atoms with Crippen molar-refractivity contribution in [3.8, 4) is 0 Å². The summed E-state index contributed by atoms with van der Waals surface area (Å²) >= 11 is 0. The molecule has 0 saturated carbocycles. The quantitative estimate of drug-likeness (QED) is 0.414. The van der Waals surface area contributed by atoms with E-state index in [0.29, 0.717) is 23.2 Å². The SMILES string of the molecule is CC[n+]1c(N)c(C(=O)N[C@H](C)c2ccccc2)cc2c(=O)n3ccccc3nc21. The molecule has 1 amide bonds.